The number of carbonyl (C=O) groups is 1. The van der Waals surface area contributed by atoms with Crippen LogP contribution in [0.15, 0.2) is 42.0 Å². The first-order valence-electron chi connectivity index (χ1n) is 4.69. The lowest BCUT2D eigenvalue weighted by molar-refractivity contribution is -0.114. The Hall–Kier alpha value is -1.90. The number of primary amides is 1. The van der Waals surface area contributed by atoms with Crippen LogP contribution >= 0.6 is 0 Å². The topological polar surface area (TPSA) is 66.9 Å². The maximum Gasteiger partial charge on any atom is 0.244 e. The van der Waals surface area contributed by atoms with Gasteiger partial charge in [-0.05, 0) is 18.6 Å². The predicted molar refractivity (Wildman–Crippen MR) is 60.8 cm³/mol. The predicted octanol–water partition coefficient (Wildman–Crippen LogP) is 1.68. The van der Waals surface area contributed by atoms with Crippen LogP contribution < -0.4 is 5.73 Å². The standard InChI is InChI=1S/C12H14N2O/c1-9(12(14)15)7-11(13)8-10-5-3-2-4-6-10/h2-7,13H,8H2,1H3,(H2,14,15)/b9-7+,13-11?. The van der Waals surface area contributed by atoms with E-state index in [9.17, 15) is 4.79 Å². The third kappa shape index (κ3) is 3.77. The summed E-state index contributed by atoms with van der Waals surface area (Å²) in [5.74, 6) is -0.479. The quantitative estimate of drug-likeness (QED) is 0.566. The zero-order valence-corrected chi connectivity index (χ0v) is 8.66. The lowest BCUT2D eigenvalue weighted by Gasteiger charge is -2.00. The number of nitrogens with two attached hydrogens (primary N) is 1. The number of hydrogen-bond acceptors (Lipinski definition) is 2. The van der Waals surface area contributed by atoms with Gasteiger partial charge in [-0.25, -0.2) is 0 Å². The molecule has 0 fully saturated rings. The highest BCUT2D eigenvalue weighted by atomic mass is 16.1. The molecule has 0 spiro atoms. The number of benzene rings is 1. The van der Waals surface area contributed by atoms with E-state index in [4.69, 9.17) is 11.1 Å². The molecule has 0 radical (unpaired) electrons. The lowest BCUT2D eigenvalue weighted by Crippen LogP contribution is -2.13. The van der Waals surface area contributed by atoms with E-state index in [1.54, 1.807) is 6.92 Å². The molecule has 0 aliphatic rings. The number of carbonyl (C=O) groups excluding carboxylic acids is 1. The molecule has 1 rings (SSSR count). The highest BCUT2D eigenvalue weighted by molar-refractivity contribution is 6.02. The molecule has 1 aromatic carbocycles. The third-order valence-corrected chi connectivity index (χ3v) is 2.02. The van der Waals surface area contributed by atoms with Crippen LogP contribution in [0.1, 0.15) is 12.5 Å². The first-order chi connectivity index (χ1) is 7.09. The fraction of sp³-hybridized carbons (Fsp3) is 0.167. The van der Waals surface area contributed by atoms with E-state index in [2.05, 4.69) is 0 Å². The molecule has 3 nitrogen and oxygen atoms in total. The molecule has 0 aliphatic carbocycles. The molecule has 15 heavy (non-hydrogen) atoms. The van der Waals surface area contributed by atoms with Gasteiger partial charge in [0.2, 0.25) is 5.91 Å². The van der Waals surface area contributed by atoms with Crippen molar-refractivity contribution >= 4 is 11.6 Å². The molecule has 0 atom stereocenters. The molecule has 0 unspecified atom stereocenters. The van der Waals surface area contributed by atoms with Gasteiger partial charge in [0.05, 0.1) is 0 Å². The van der Waals surface area contributed by atoms with Gasteiger partial charge < -0.3 is 11.1 Å². The minimum atomic E-state index is -0.479. The van der Waals surface area contributed by atoms with Crippen LogP contribution in [-0.2, 0) is 11.2 Å². The molecule has 1 aromatic rings. The van der Waals surface area contributed by atoms with E-state index in [1.165, 1.54) is 6.08 Å². The number of nitrogens with one attached hydrogen (secondary N) is 1. The van der Waals surface area contributed by atoms with Gasteiger partial charge in [-0.1, -0.05) is 30.3 Å². The average molecular weight is 202 g/mol. The van der Waals surface area contributed by atoms with Crippen molar-refractivity contribution in [3.05, 3.63) is 47.5 Å². The Morgan fingerprint density at radius 1 is 1.40 bits per heavy atom. The zero-order valence-electron chi connectivity index (χ0n) is 8.66. The largest absolute Gasteiger partial charge is 0.366 e. The summed E-state index contributed by atoms with van der Waals surface area (Å²) in [6.07, 6.45) is 2.03. The number of rotatable bonds is 4. The highest BCUT2D eigenvalue weighted by Gasteiger charge is 2.00. The summed E-state index contributed by atoms with van der Waals surface area (Å²) in [7, 11) is 0. The molecular formula is C12H14N2O. The van der Waals surface area contributed by atoms with Crippen LogP contribution in [0.25, 0.3) is 0 Å². The van der Waals surface area contributed by atoms with Gasteiger partial charge in [0.25, 0.3) is 0 Å². The Bertz CT molecular complexity index is 393. The maximum absolute atomic E-state index is 10.7. The minimum absolute atomic E-state index is 0.387. The zero-order chi connectivity index (χ0) is 11.3. The number of hydrogen-bond donors (Lipinski definition) is 2. The van der Waals surface area contributed by atoms with Crippen molar-refractivity contribution in [2.24, 2.45) is 5.73 Å². The minimum Gasteiger partial charge on any atom is -0.366 e. The third-order valence-electron chi connectivity index (χ3n) is 2.02. The molecule has 3 heteroatoms. The van der Waals surface area contributed by atoms with Crippen molar-refractivity contribution in [1.29, 1.82) is 5.41 Å². The van der Waals surface area contributed by atoms with E-state index < -0.39 is 5.91 Å². The Balaban J connectivity index is 2.65. The van der Waals surface area contributed by atoms with Crippen LogP contribution in [0.5, 0.6) is 0 Å². The molecule has 0 saturated heterocycles. The first kappa shape index (κ1) is 11.2. The second kappa shape index (κ2) is 5.10. The molecule has 0 bridgehead atoms. The molecule has 3 N–H and O–H groups in total. The van der Waals surface area contributed by atoms with E-state index in [-0.39, 0.29) is 0 Å². The lowest BCUT2D eigenvalue weighted by atomic mass is 10.1. The molecular weight excluding hydrogens is 188 g/mol. The summed E-state index contributed by atoms with van der Waals surface area (Å²) >= 11 is 0. The summed E-state index contributed by atoms with van der Waals surface area (Å²) in [6, 6.07) is 9.67. The smallest absolute Gasteiger partial charge is 0.244 e. The van der Waals surface area contributed by atoms with Crippen molar-refractivity contribution in [3.63, 3.8) is 0 Å². The Kier molecular flexibility index (Phi) is 3.80. The normalized spacial score (nSPS) is 11.1. The average Bonchev–Trinajstić information content (AvgIpc) is 2.18. The molecule has 78 valence electrons. The summed E-state index contributed by atoms with van der Waals surface area (Å²) < 4.78 is 0. The van der Waals surface area contributed by atoms with Crippen molar-refractivity contribution in [1.82, 2.24) is 0 Å². The van der Waals surface area contributed by atoms with Crippen molar-refractivity contribution < 1.29 is 4.79 Å². The molecule has 0 aromatic heterocycles. The van der Waals surface area contributed by atoms with Crippen molar-refractivity contribution in [2.45, 2.75) is 13.3 Å². The van der Waals surface area contributed by atoms with Gasteiger partial charge in [0, 0.05) is 17.7 Å². The second-order valence-electron chi connectivity index (χ2n) is 3.38. The van der Waals surface area contributed by atoms with Gasteiger partial charge in [0.1, 0.15) is 0 Å². The molecule has 0 saturated carbocycles. The van der Waals surface area contributed by atoms with Crippen molar-refractivity contribution in [2.75, 3.05) is 0 Å². The molecule has 0 aliphatic heterocycles. The Labute approximate surface area is 89.1 Å². The summed E-state index contributed by atoms with van der Waals surface area (Å²) in [6.45, 7) is 1.61. The fourth-order valence-corrected chi connectivity index (χ4v) is 1.20. The monoisotopic (exact) mass is 202 g/mol. The van der Waals surface area contributed by atoms with E-state index in [0.29, 0.717) is 17.7 Å². The van der Waals surface area contributed by atoms with Crippen LogP contribution in [0.3, 0.4) is 0 Å². The maximum atomic E-state index is 10.7. The van der Waals surface area contributed by atoms with Gasteiger partial charge in [-0.2, -0.15) is 0 Å². The first-order valence-corrected chi connectivity index (χ1v) is 4.69. The van der Waals surface area contributed by atoms with E-state index >= 15 is 0 Å². The van der Waals surface area contributed by atoms with Gasteiger partial charge in [0.15, 0.2) is 0 Å². The van der Waals surface area contributed by atoms with Crippen molar-refractivity contribution in [3.8, 4) is 0 Å². The Morgan fingerprint density at radius 3 is 2.53 bits per heavy atom. The summed E-state index contributed by atoms with van der Waals surface area (Å²) in [4.78, 5) is 10.7. The van der Waals surface area contributed by atoms with Gasteiger partial charge >= 0.3 is 0 Å². The van der Waals surface area contributed by atoms with Crippen LogP contribution in [0, 0.1) is 5.41 Å². The highest BCUT2D eigenvalue weighted by Crippen LogP contribution is 2.02. The van der Waals surface area contributed by atoms with E-state index in [1.807, 2.05) is 30.3 Å². The fourth-order valence-electron chi connectivity index (χ4n) is 1.20. The number of amides is 1. The molecule has 1 amide bonds. The molecule has 0 heterocycles. The summed E-state index contributed by atoms with van der Waals surface area (Å²) in [5.41, 5.74) is 6.93. The van der Waals surface area contributed by atoms with Crippen LogP contribution in [0.2, 0.25) is 0 Å². The summed E-state index contributed by atoms with van der Waals surface area (Å²) in [5, 5.41) is 7.67. The van der Waals surface area contributed by atoms with Crippen LogP contribution in [-0.4, -0.2) is 11.6 Å². The van der Waals surface area contributed by atoms with Gasteiger partial charge in [-0.3, -0.25) is 4.79 Å². The second-order valence-corrected chi connectivity index (χ2v) is 3.38. The van der Waals surface area contributed by atoms with Gasteiger partial charge in [-0.15, -0.1) is 0 Å². The van der Waals surface area contributed by atoms with E-state index in [0.717, 1.165) is 5.56 Å². The Morgan fingerprint density at radius 2 is 2.00 bits per heavy atom. The van der Waals surface area contributed by atoms with Crippen LogP contribution in [0.4, 0.5) is 0 Å². The number of allylic oxidation sites excluding steroid dienone is 1. The SMILES string of the molecule is C/C(=C\C(=N)Cc1ccccc1)C(N)=O.